The summed E-state index contributed by atoms with van der Waals surface area (Å²) >= 11 is 2.31. The van der Waals surface area contributed by atoms with Gasteiger partial charge in [0.25, 0.3) is 0 Å². The fraction of sp³-hybridized carbons (Fsp3) is 0.538. The van der Waals surface area contributed by atoms with Gasteiger partial charge in [-0.15, -0.1) is 0 Å². The van der Waals surface area contributed by atoms with Crippen LogP contribution >= 0.6 is 30.3 Å². The summed E-state index contributed by atoms with van der Waals surface area (Å²) in [6, 6.07) is 8.88. The van der Waals surface area contributed by atoms with E-state index in [1.54, 1.807) is 9.12 Å². The number of hydrogen-bond acceptors (Lipinski definition) is 4. The molecule has 100 valence electrons. The molecule has 0 fully saturated rings. The Morgan fingerprint density at radius 1 is 1.50 bits per heavy atom. The lowest BCUT2D eigenvalue weighted by Crippen LogP contribution is -2.38. The molecule has 2 rings (SSSR count). The number of ether oxygens (including phenoxy) is 1. The Kier molecular flexibility index (Phi) is 5.75. The van der Waals surface area contributed by atoms with Crippen molar-refractivity contribution in [3.05, 3.63) is 35.4 Å². The molecular weight excluding hydrogens is 361 g/mol. The van der Waals surface area contributed by atoms with E-state index < -0.39 is 6.29 Å². The van der Waals surface area contributed by atoms with E-state index in [9.17, 15) is 5.11 Å². The Hall–Kier alpha value is 0.180. The van der Waals surface area contributed by atoms with Gasteiger partial charge in [0.15, 0.2) is 6.29 Å². The van der Waals surface area contributed by atoms with Crippen molar-refractivity contribution in [3.63, 3.8) is 0 Å². The number of benzene rings is 1. The largest absolute Gasteiger partial charge is 0.368 e. The second kappa shape index (κ2) is 7.09. The van der Waals surface area contributed by atoms with E-state index in [0.717, 1.165) is 13.0 Å². The molecule has 5 heteroatoms. The number of halogens is 1. The highest BCUT2D eigenvalue weighted by Gasteiger charge is 2.28. The van der Waals surface area contributed by atoms with Gasteiger partial charge in [0.1, 0.15) is 0 Å². The zero-order valence-corrected chi connectivity index (χ0v) is 13.4. The van der Waals surface area contributed by atoms with Crippen LogP contribution in [0.1, 0.15) is 24.5 Å². The first-order valence-corrected chi connectivity index (χ1v) is 9.48. The van der Waals surface area contributed by atoms with Crippen LogP contribution in [0.3, 0.4) is 0 Å². The average Bonchev–Trinajstić information content (AvgIpc) is 2.38. The summed E-state index contributed by atoms with van der Waals surface area (Å²) in [4.78, 5) is 0. The zero-order chi connectivity index (χ0) is 13.0. The molecule has 1 N–H and O–H groups in total. The van der Waals surface area contributed by atoms with Crippen molar-refractivity contribution < 1.29 is 9.84 Å². The van der Waals surface area contributed by atoms with Crippen LogP contribution in [-0.4, -0.2) is 28.4 Å². The Balaban J connectivity index is 2.06. The maximum atomic E-state index is 9.80. The molecule has 1 aliphatic heterocycles. The molecule has 2 unspecified atom stereocenters. The van der Waals surface area contributed by atoms with Gasteiger partial charge in [-0.25, -0.2) is 4.31 Å². The number of aliphatic hydroxyl groups excluding tert-OH is 1. The highest BCUT2D eigenvalue weighted by Crippen LogP contribution is 2.33. The first-order valence-electron chi connectivity index (χ1n) is 6.16. The molecule has 3 nitrogen and oxygen atoms in total. The van der Waals surface area contributed by atoms with Gasteiger partial charge in [-0.1, -0.05) is 24.3 Å². The summed E-state index contributed by atoms with van der Waals surface area (Å²) in [5.74, 6) is 0. The lowest BCUT2D eigenvalue weighted by molar-refractivity contribution is -0.107. The third kappa shape index (κ3) is 3.60. The molecule has 0 aliphatic carbocycles. The summed E-state index contributed by atoms with van der Waals surface area (Å²) in [5, 5.41) is 9.80. The third-order valence-corrected chi connectivity index (χ3v) is 5.35. The van der Waals surface area contributed by atoms with E-state index in [4.69, 9.17) is 4.74 Å². The van der Waals surface area contributed by atoms with E-state index in [-0.39, 0.29) is 0 Å². The Morgan fingerprint density at radius 3 is 2.89 bits per heavy atom. The van der Waals surface area contributed by atoms with Gasteiger partial charge in [-0.3, -0.25) is 0 Å². The van der Waals surface area contributed by atoms with Gasteiger partial charge >= 0.3 is 0 Å². The molecule has 0 aromatic heterocycles. The van der Waals surface area contributed by atoms with E-state index >= 15 is 0 Å². The second-order valence-corrected chi connectivity index (χ2v) is 6.21. The number of fused-ring (bicyclic) bond motifs is 1. The van der Waals surface area contributed by atoms with Crippen molar-refractivity contribution in [2.45, 2.75) is 38.6 Å². The molecule has 0 saturated heterocycles. The van der Waals surface area contributed by atoms with Gasteiger partial charge in [-0.2, -0.15) is 0 Å². The zero-order valence-electron chi connectivity index (χ0n) is 10.4. The van der Waals surface area contributed by atoms with Gasteiger partial charge in [-0.05, 0) is 33.6 Å². The van der Waals surface area contributed by atoms with E-state index in [0.29, 0.717) is 19.1 Å². The molecular formula is C13H18INO2S. The fourth-order valence-electron chi connectivity index (χ4n) is 2.34. The van der Waals surface area contributed by atoms with Crippen LogP contribution in [0.5, 0.6) is 0 Å². The van der Waals surface area contributed by atoms with Crippen LogP contribution in [0.4, 0.5) is 0 Å². The summed E-state index contributed by atoms with van der Waals surface area (Å²) in [6.07, 6.45) is 0.991. The number of hydrogen-bond donors (Lipinski definition) is 1. The molecule has 0 saturated carbocycles. The first kappa shape index (κ1) is 14.6. The van der Waals surface area contributed by atoms with Crippen molar-refractivity contribution in [2.24, 2.45) is 0 Å². The summed E-state index contributed by atoms with van der Waals surface area (Å²) < 4.78 is 7.57. The number of aliphatic hydroxyl groups is 1. The molecule has 0 spiro atoms. The minimum atomic E-state index is -0.656. The predicted octanol–water partition coefficient (Wildman–Crippen LogP) is 3.16. The average molecular weight is 379 g/mol. The molecule has 0 bridgehead atoms. The smallest absolute Gasteiger partial charge is 0.156 e. The Morgan fingerprint density at radius 2 is 2.22 bits per heavy atom. The minimum absolute atomic E-state index is 0.336. The summed E-state index contributed by atoms with van der Waals surface area (Å²) in [6.45, 7) is 3.40. The monoisotopic (exact) mass is 379 g/mol. The van der Waals surface area contributed by atoms with Crippen LogP contribution < -0.4 is 0 Å². The van der Waals surface area contributed by atoms with Gasteiger partial charge in [0, 0.05) is 46.8 Å². The molecule has 1 aliphatic rings. The molecule has 1 aromatic carbocycles. The predicted molar refractivity (Wildman–Crippen MR) is 83.3 cm³/mol. The van der Waals surface area contributed by atoms with Crippen LogP contribution in [0.15, 0.2) is 24.3 Å². The van der Waals surface area contributed by atoms with E-state index in [1.807, 2.05) is 6.92 Å². The van der Waals surface area contributed by atoms with Gasteiger partial charge in [0.2, 0.25) is 0 Å². The molecule has 18 heavy (non-hydrogen) atoms. The molecule has 1 heterocycles. The second-order valence-electron chi connectivity index (χ2n) is 4.42. The lowest BCUT2D eigenvalue weighted by Gasteiger charge is -2.35. The van der Waals surface area contributed by atoms with Crippen molar-refractivity contribution in [1.29, 1.82) is 0 Å². The van der Waals surface area contributed by atoms with Gasteiger partial charge in [0.05, 0.1) is 0 Å². The normalized spacial score (nSPS) is 21.6. The first-order chi connectivity index (χ1) is 8.74. The quantitative estimate of drug-likeness (QED) is 0.484. The van der Waals surface area contributed by atoms with Crippen LogP contribution in [0.2, 0.25) is 0 Å². The van der Waals surface area contributed by atoms with E-state index in [1.165, 1.54) is 11.1 Å². The topological polar surface area (TPSA) is 32.7 Å². The SMILES string of the molecule is CCOC(O)CC1Cc2ccccc2CN1SI. The maximum absolute atomic E-state index is 9.80. The van der Waals surface area contributed by atoms with Crippen molar-refractivity contribution in [3.8, 4) is 0 Å². The molecule has 0 radical (unpaired) electrons. The third-order valence-electron chi connectivity index (χ3n) is 3.23. The molecule has 1 aromatic rings. The van der Waals surface area contributed by atoms with Gasteiger partial charge < -0.3 is 9.84 Å². The van der Waals surface area contributed by atoms with Crippen molar-refractivity contribution in [2.75, 3.05) is 6.61 Å². The van der Waals surface area contributed by atoms with Crippen LogP contribution in [0, 0.1) is 0 Å². The fourth-order valence-corrected chi connectivity index (χ4v) is 4.18. The summed E-state index contributed by atoms with van der Waals surface area (Å²) in [5.41, 5.74) is 2.79. The highest BCUT2D eigenvalue weighted by molar-refractivity contribution is 14.2. The van der Waals surface area contributed by atoms with E-state index in [2.05, 4.69) is 49.8 Å². The van der Waals surface area contributed by atoms with Crippen LogP contribution in [-0.2, 0) is 17.7 Å². The molecule has 2 atom stereocenters. The maximum Gasteiger partial charge on any atom is 0.156 e. The lowest BCUT2D eigenvalue weighted by atomic mass is 9.94. The Labute approximate surface area is 125 Å². The Bertz CT molecular complexity index is 391. The molecule has 0 amide bonds. The highest BCUT2D eigenvalue weighted by atomic mass is 127. The number of nitrogens with zero attached hydrogens (tertiary/aromatic N) is 1. The minimum Gasteiger partial charge on any atom is -0.368 e. The standard InChI is InChI=1S/C13H18INO2S/c1-2-17-13(16)8-12-7-10-5-3-4-6-11(10)9-15(12)18-14/h3-6,12-13,16H,2,7-9H2,1H3. The summed E-state index contributed by atoms with van der Waals surface area (Å²) in [7, 11) is 1.71. The van der Waals surface area contributed by atoms with Crippen LogP contribution in [0.25, 0.3) is 0 Å². The van der Waals surface area contributed by atoms with Crippen molar-refractivity contribution in [1.82, 2.24) is 4.31 Å². The van der Waals surface area contributed by atoms with Crippen molar-refractivity contribution >= 4 is 30.3 Å². The number of rotatable bonds is 5.